The second kappa shape index (κ2) is 6.92. The van der Waals surface area contributed by atoms with Gasteiger partial charge >= 0.3 is 0 Å². The van der Waals surface area contributed by atoms with Crippen LogP contribution in [0.4, 0.5) is 0 Å². The fourth-order valence-corrected chi connectivity index (χ4v) is 5.65. The van der Waals surface area contributed by atoms with Crippen LogP contribution in [-0.2, 0) is 4.79 Å². The van der Waals surface area contributed by atoms with E-state index < -0.39 is 0 Å². The highest BCUT2D eigenvalue weighted by Gasteiger charge is 2.47. The Hall–Kier alpha value is -1.91. The molecule has 1 saturated heterocycles. The zero-order valence-corrected chi connectivity index (χ0v) is 16.5. The van der Waals surface area contributed by atoms with Crippen molar-refractivity contribution in [1.29, 1.82) is 0 Å². The molecule has 3 aromatic rings. The van der Waals surface area contributed by atoms with E-state index >= 15 is 0 Å². The number of fused-ring (bicyclic) bond motifs is 1. The van der Waals surface area contributed by atoms with Crippen LogP contribution in [-0.4, -0.2) is 28.9 Å². The Morgan fingerprint density at radius 2 is 1.81 bits per heavy atom. The van der Waals surface area contributed by atoms with Gasteiger partial charge in [-0.1, -0.05) is 41.9 Å². The highest BCUT2D eigenvalue weighted by Crippen LogP contribution is 2.50. The van der Waals surface area contributed by atoms with Gasteiger partial charge in [0.05, 0.1) is 15.2 Å². The first kappa shape index (κ1) is 17.2. The number of halogens is 1. The number of nitrogens with zero attached hydrogens (tertiary/aromatic N) is 2. The van der Waals surface area contributed by atoms with Gasteiger partial charge in [0, 0.05) is 29.9 Å². The summed E-state index contributed by atoms with van der Waals surface area (Å²) in [5.41, 5.74) is 2.22. The zero-order valence-electron chi connectivity index (χ0n) is 15.0. The maximum Gasteiger partial charge on any atom is 0.226 e. The Bertz CT molecular complexity index is 960. The molecule has 1 saturated carbocycles. The van der Waals surface area contributed by atoms with Gasteiger partial charge in [0.25, 0.3) is 0 Å². The minimum Gasteiger partial charge on any atom is -0.342 e. The quantitative estimate of drug-likeness (QED) is 0.589. The highest BCUT2D eigenvalue weighted by atomic mass is 35.5. The zero-order chi connectivity index (χ0) is 18.4. The summed E-state index contributed by atoms with van der Waals surface area (Å²) in [4.78, 5) is 19.8. The Balaban J connectivity index is 1.22. The molecule has 27 heavy (non-hydrogen) atoms. The molecule has 2 heterocycles. The highest BCUT2D eigenvalue weighted by molar-refractivity contribution is 7.18. The molecule has 0 spiro atoms. The molecular weight excluding hydrogens is 376 g/mol. The summed E-state index contributed by atoms with van der Waals surface area (Å²) in [6, 6.07) is 16.2. The first-order valence-electron chi connectivity index (χ1n) is 9.59. The smallest absolute Gasteiger partial charge is 0.226 e. The predicted molar refractivity (Wildman–Crippen MR) is 110 cm³/mol. The first-order chi connectivity index (χ1) is 13.2. The number of thiazole rings is 1. The molecule has 1 aliphatic heterocycles. The summed E-state index contributed by atoms with van der Waals surface area (Å²) in [7, 11) is 0. The molecule has 2 aliphatic rings. The standard InChI is InChI=1S/C22H21ClN2OS/c23-18-6-2-1-5-15(18)16-13-17(16)22(26)25-11-9-14(10-12-25)21-24-19-7-3-4-8-20(19)27-21/h1-8,14,16-17H,9-13H2. The van der Waals surface area contributed by atoms with Crippen molar-refractivity contribution < 1.29 is 4.79 Å². The normalized spacial score (nSPS) is 22.9. The van der Waals surface area contributed by atoms with Crippen molar-refractivity contribution in [2.24, 2.45) is 5.92 Å². The molecular formula is C22H21ClN2OS. The number of amides is 1. The number of para-hydroxylation sites is 1. The molecule has 1 aromatic heterocycles. The number of carbonyl (C=O) groups excluding carboxylic acids is 1. The Morgan fingerprint density at radius 1 is 1.07 bits per heavy atom. The van der Waals surface area contributed by atoms with Crippen LogP contribution in [0.25, 0.3) is 10.2 Å². The molecule has 5 rings (SSSR count). The van der Waals surface area contributed by atoms with E-state index in [0.717, 1.165) is 48.5 Å². The molecule has 1 amide bonds. The topological polar surface area (TPSA) is 33.2 Å². The third-order valence-electron chi connectivity index (χ3n) is 5.88. The molecule has 138 valence electrons. The average molecular weight is 397 g/mol. The molecule has 2 fully saturated rings. The van der Waals surface area contributed by atoms with Crippen LogP contribution in [0.1, 0.15) is 41.7 Å². The van der Waals surface area contributed by atoms with E-state index in [1.54, 1.807) is 11.3 Å². The summed E-state index contributed by atoms with van der Waals surface area (Å²) < 4.78 is 1.26. The van der Waals surface area contributed by atoms with E-state index in [1.165, 1.54) is 9.71 Å². The molecule has 0 bridgehead atoms. The Labute approximate surface area is 168 Å². The first-order valence-corrected chi connectivity index (χ1v) is 10.8. The second-order valence-corrected chi connectivity index (χ2v) is 9.06. The number of benzene rings is 2. The van der Waals surface area contributed by atoms with Crippen LogP contribution in [0, 0.1) is 5.92 Å². The van der Waals surface area contributed by atoms with Crippen molar-refractivity contribution >= 4 is 39.1 Å². The van der Waals surface area contributed by atoms with Gasteiger partial charge in [-0.2, -0.15) is 0 Å². The third kappa shape index (κ3) is 3.26. The maximum absolute atomic E-state index is 12.9. The number of aromatic nitrogens is 1. The van der Waals surface area contributed by atoms with Gasteiger partial charge in [0.15, 0.2) is 0 Å². The minimum absolute atomic E-state index is 0.115. The molecule has 2 unspecified atom stereocenters. The van der Waals surface area contributed by atoms with Gasteiger partial charge < -0.3 is 4.90 Å². The van der Waals surface area contributed by atoms with Crippen molar-refractivity contribution in [1.82, 2.24) is 9.88 Å². The van der Waals surface area contributed by atoms with Crippen LogP contribution in [0.15, 0.2) is 48.5 Å². The number of carbonyl (C=O) groups is 1. The lowest BCUT2D eigenvalue weighted by Crippen LogP contribution is -2.39. The lowest BCUT2D eigenvalue weighted by molar-refractivity contribution is -0.133. The maximum atomic E-state index is 12.9. The van der Waals surface area contributed by atoms with Gasteiger partial charge in [0.2, 0.25) is 5.91 Å². The van der Waals surface area contributed by atoms with Crippen molar-refractivity contribution in [2.45, 2.75) is 31.1 Å². The lowest BCUT2D eigenvalue weighted by atomic mass is 9.97. The molecule has 5 heteroatoms. The summed E-state index contributed by atoms with van der Waals surface area (Å²) in [6.07, 6.45) is 2.95. The molecule has 0 radical (unpaired) electrons. The number of piperidine rings is 1. The van der Waals surface area contributed by atoms with Gasteiger partial charge in [0.1, 0.15) is 0 Å². The SMILES string of the molecule is O=C(C1CC1c1ccccc1Cl)N1CCC(c2nc3ccccc3s2)CC1. The van der Waals surface area contributed by atoms with Crippen LogP contribution in [0.2, 0.25) is 5.02 Å². The largest absolute Gasteiger partial charge is 0.342 e. The second-order valence-electron chi connectivity index (χ2n) is 7.59. The van der Waals surface area contributed by atoms with Gasteiger partial charge in [-0.15, -0.1) is 11.3 Å². The van der Waals surface area contributed by atoms with Crippen molar-refractivity contribution in [3.05, 3.63) is 64.1 Å². The minimum atomic E-state index is 0.115. The Kier molecular flexibility index (Phi) is 4.41. The van der Waals surface area contributed by atoms with Crippen molar-refractivity contribution in [2.75, 3.05) is 13.1 Å². The summed E-state index contributed by atoms with van der Waals surface area (Å²) in [5, 5.41) is 2.01. The number of rotatable bonds is 3. The molecule has 2 aromatic carbocycles. The van der Waals surface area contributed by atoms with Crippen molar-refractivity contribution in [3.8, 4) is 0 Å². The number of likely N-dealkylation sites (tertiary alicyclic amines) is 1. The predicted octanol–water partition coefficient (Wildman–Crippen LogP) is 5.46. The van der Waals surface area contributed by atoms with Crippen LogP contribution >= 0.6 is 22.9 Å². The molecule has 0 N–H and O–H groups in total. The van der Waals surface area contributed by atoms with E-state index in [0.29, 0.717) is 17.7 Å². The fourth-order valence-electron chi connectivity index (χ4n) is 4.23. The van der Waals surface area contributed by atoms with E-state index in [4.69, 9.17) is 16.6 Å². The fraction of sp³-hybridized carbons (Fsp3) is 0.364. The average Bonchev–Trinajstić information content (AvgIpc) is 3.37. The van der Waals surface area contributed by atoms with E-state index in [1.807, 2.05) is 24.3 Å². The monoisotopic (exact) mass is 396 g/mol. The number of hydrogen-bond acceptors (Lipinski definition) is 3. The van der Waals surface area contributed by atoms with Gasteiger partial charge in [-0.3, -0.25) is 4.79 Å². The van der Waals surface area contributed by atoms with Gasteiger partial charge in [-0.05, 0) is 48.9 Å². The van der Waals surface area contributed by atoms with Crippen LogP contribution in [0.3, 0.4) is 0 Å². The summed E-state index contributed by atoms with van der Waals surface area (Å²) in [5.74, 6) is 1.20. The van der Waals surface area contributed by atoms with E-state index in [2.05, 4.69) is 29.2 Å². The Morgan fingerprint density at radius 3 is 2.59 bits per heavy atom. The summed E-state index contributed by atoms with van der Waals surface area (Å²) in [6.45, 7) is 1.68. The molecule has 2 atom stereocenters. The molecule has 3 nitrogen and oxygen atoms in total. The van der Waals surface area contributed by atoms with Crippen LogP contribution < -0.4 is 0 Å². The molecule has 1 aliphatic carbocycles. The van der Waals surface area contributed by atoms with Crippen LogP contribution in [0.5, 0.6) is 0 Å². The summed E-state index contributed by atoms with van der Waals surface area (Å²) >= 11 is 8.11. The third-order valence-corrected chi connectivity index (χ3v) is 7.42. The van der Waals surface area contributed by atoms with E-state index in [-0.39, 0.29) is 5.92 Å². The number of hydrogen-bond donors (Lipinski definition) is 0. The van der Waals surface area contributed by atoms with Gasteiger partial charge in [-0.25, -0.2) is 4.98 Å². The lowest BCUT2D eigenvalue weighted by Gasteiger charge is -2.31. The van der Waals surface area contributed by atoms with E-state index in [9.17, 15) is 4.79 Å². The van der Waals surface area contributed by atoms with Crippen molar-refractivity contribution in [3.63, 3.8) is 0 Å².